The van der Waals surface area contributed by atoms with E-state index in [4.69, 9.17) is 28.4 Å². The molecule has 0 aromatic heterocycles. The summed E-state index contributed by atoms with van der Waals surface area (Å²) in [7, 11) is 1.62. The van der Waals surface area contributed by atoms with Crippen LogP contribution in [0.4, 0.5) is 0 Å². The maximum Gasteiger partial charge on any atom is 0.303 e. The molecule has 2 heterocycles. The van der Waals surface area contributed by atoms with Crippen molar-refractivity contribution in [3.63, 3.8) is 0 Å². The van der Waals surface area contributed by atoms with Crippen LogP contribution in [0.1, 0.15) is 44.2 Å². The lowest BCUT2D eigenvalue weighted by molar-refractivity contribution is -0.185. The smallest absolute Gasteiger partial charge is 0.303 e. The van der Waals surface area contributed by atoms with Crippen molar-refractivity contribution < 1.29 is 38.0 Å². The summed E-state index contributed by atoms with van der Waals surface area (Å²) in [6.07, 6.45) is 2.21. The van der Waals surface area contributed by atoms with E-state index in [1.165, 1.54) is 13.0 Å². The first-order valence-electron chi connectivity index (χ1n) is 14.1. The fourth-order valence-corrected chi connectivity index (χ4v) is 5.24. The number of rotatable bonds is 14. The number of benzene rings is 2. The molecule has 0 aliphatic carbocycles. The van der Waals surface area contributed by atoms with E-state index in [0.29, 0.717) is 19.4 Å². The van der Waals surface area contributed by atoms with Gasteiger partial charge in [0.05, 0.1) is 32.5 Å². The zero-order chi connectivity index (χ0) is 29.2. The lowest BCUT2D eigenvalue weighted by Gasteiger charge is -2.35. The summed E-state index contributed by atoms with van der Waals surface area (Å²) < 4.78 is 36.8. The third-order valence-electron chi connectivity index (χ3n) is 7.21. The SMILES string of the molecule is C=CCC1C=CC(=O)[C@@H]([C@@H](OC(C)=O)[C@@H]2O[C@H](CCC)[C@H](OCc3ccccc3)[C@H]2OCc2ccc(OC)cc2)O1. The van der Waals surface area contributed by atoms with Crippen molar-refractivity contribution in [2.45, 2.75) is 89.1 Å². The third kappa shape index (κ3) is 8.14. The van der Waals surface area contributed by atoms with Crippen LogP contribution in [0.2, 0.25) is 0 Å². The van der Waals surface area contributed by atoms with E-state index in [1.807, 2.05) is 54.6 Å². The summed E-state index contributed by atoms with van der Waals surface area (Å²) in [5.74, 6) is -0.0953. The van der Waals surface area contributed by atoms with E-state index < -0.39 is 36.5 Å². The maximum absolute atomic E-state index is 13.1. The van der Waals surface area contributed by atoms with Gasteiger partial charge < -0.3 is 28.4 Å². The second-order valence-electron chi connectivity index (χ2n) is 10.3. The average Bonchev–Trinajstić information content (AvgIpc) is 3.32. The van der Waals surface area contributed by atoms with Gasteiger partial charge in [-0.2, -0.15) is 0 Å². The summed E-state index contributed by atoms with van der Waals surface area (Å²) in [5, 5.41) is 0. The van der Waals surface area contributed by atoms with Gasteiger partial charge in [-0.15, -0.1) is 6.58 Å². The minimum atomic E-state index is -1.05. The molecule has 8 nitrogen and oxygen atoms in total. The van der Waals surface area contributed by atoms with Crippen molar-refractivity contribution in [1.29, 1.82) is 0 Å². The highest BCUT2D eigenvalue weighted by Gasteiger charge is 2.53. The molecular weight excluding hydrogens is 524 g/mol. The number of carbonyl (C=O) groups is 2. The standard InChI is InChI=1S/C33H40O8/c1-5-10-26-18-19-27(35)29(40-26)32(39-22(3)34)33-31(38-21-24-14-16-25(36-4)17-15-24)30(28(41-33)11-6-2)37-20-23-12-8-7-9-13-23/h5,7-9,12-19,26,28-33H,1,6,10-11,20-21H2,2-4H3/t26?,28-,29+,30+,31-,32-,33-/m1/s1. The van der Waals surface area contributed by atoms with Crippen LogP contribution in [0.25, 0.3) is 0 Å². The predicted octanol–water partition coefficient (Wildman–Crippen LogP) is 5.13. The zero-order valence-corrected chi connectivity index (χ0v) is 24.0. The van der Waals surface area contributed by atoms with E-state index in [9.17, 15) is 9.59 Å². The van der Waals surface area contributed by atoms with Gasteiger partial charge in [-0.3, -0.25) is 9.59 Å². The van der Waals surface area contributed by atoms with Gasteiger partial charge >= 0.3 is 5.97 Å². The maximum atomic E-state index is 13.1. The second-order valence-corrected chi connectivity index (χ2v) is 10.3. The van der Waals surface area contributed by atoms with Crippen LogP contribution in [-0.4, -0.2) is 61.6 Å². The van der Waals surface area contributed by atoms with Crippen LogP contribution in [-0.2, 0) is 46.5 Å². The Morgan fingerprint density at radius 2 is 1.68 bits per heavy atom. The highest BCUT2D eigenvalue weighted by molar-refractivity contribution is 5.95. The average molecular weight is 565 g/mol. The number of methoxy groups -OCH3 is 1. The largest absolute Gasteiger partial charge is 0.497 e. The lowest BCUT2D eigenvalue weighted by atomic mass is 9.94. The van der Waals surface area contributed by atoms with E-state index in [1.54, 1.807) is 19.3 Å². The van der Waals surface area contributed by atoms with Gasteiger partial charge in [0, 0.05) is 6.92 Å². The number of ether oxygens (including phenoxy) is 6. The minimum Gasteiger partial charge on any atom is -0.497 e. The Labute approximate surface area is 242 Å². The molecule has 2 aliphatic rings. The van der Waals surface area contributed by atoms with Crippen molar-refractivity contribution in [2.75, 3.05) is 7.11 Å². The molecular formula is C33H40O8. The molecule has 2 aliphatic heterocycles. The monoisotopic (exact) mass is 564 g/mol. The molecule has 1 unspecified atom stereocenters. The molecule has 1 saturated heterocycles. The van der Waals surface area contributed by atoms with E-state index >= 15 is 0 Å². The van der Waals surface area contributed by atoms with Crippen LogP contribution in [0.15, 0.2) is 79.4 Å². The number of ketones is 1. The Morgan fingerprint density at radius 1 is 1.00 bits per heavy atom. The van der Waals surface area contributed by atoms with Crippen molar-refractivity contribution in [3.8, 4) is 5.75 Å². The highest BCUT2D eigenvalue weighted by atomic mass is 16.6. The first-order valence-corrected chi connectivity index (χ1v) is 14.1. The predicted molar refractivity (Wildman–Crippen MR) is 153 cm³/mol. The molecule has 1 fully saturated rings. The van der Waals surface area contributed by atoms with Gasteiger partial charge in [-0.1, -0.05) is 68.0 Å². The fraction of sp³-hybridized carbons (Fsp3) is 0.455. The number of carbonyl (C=O) groups excluding carboxylic acids is 2. The van der Waals surface area contributed by atoms with Crippen molar-refractivity contribution in [3.05, 3.63) is 90.5 Å². The van der Waals surface area contributed by atoms with Crippen LogP contribution < -0.4 is 4.74 Å². The summed E-state index contributed by atoms with van der Waals surface area (Å²) in [5.41, 5.74) is 1.94. The van der Waals surface area contributed by atoms with Crippen molar-refractivity contribution >= 4 is 11.8 Å². The Morgan fingerprint density at radius 3 is 2.32 bits per heavy atom. The summed E-state index contributed by atoms with van der Waals surface area (Å²) in [6.45, 7) is 7.77. The zero-order valence-electron chi connectivity index (χ0n) is 24.0. The van der Waals surface area contributed by atoms with Crippen LogP contribution in [0.3, 0.4) is 0 Å². The topological polar surface area (TPSA) is 89.5 Å². The molecule has 2 aromatic carbocycles. The van der Waals surface area contributed by atoms with Crippen LogP contribution in [0.5, 0.6) is 5.75 Å². The minimum absolute atomic E-state index is 0.254. The number of hydrogen-bond donors (Lipinski definition) is 0. The molecule has 0 bridgehead atoms. The molecule has 0 radical (unpaired) electrons. The van der Waals surface area contributed by atoms with Crippen LogP contribution >= 0.6 is 0 Å². The molecule has 0 N–H and O–H groups in total. The quantitative estimate of drug-likeness (QED) is 0.230. The molecule has 0 amide bonds. The first kappa shape index (κ1) is 30.7. The molecule has 0 spiro atoms. The van der Waals surface area contributed by atoms with Gasteiger partial charge in [-0.05, 0) is 42.2 Å². The molecule has 220 valence electrons. The molecule has 8 heteroatoms. The lowest BCUT2D eigenvalue weighted by Crippen LogP contribution is -2.53. The molecule has 2 aromatic rings. The highest BCUT2D eigenvalue weighted by Crippen LogP contribution is 2.36. The number of hydrogen-bond acceptors (Lipinski definition) is 8. The normalized spacial score (nSPS) is 26.5. The van der Waals surface area contributed by atoms with E-state index in [-0.39, 0.29) is 24.6 Å². The Kier molecular flexibility index (Phi) is 11.3. The van der Waals surface area contributed by atoms with Gasteiger partial charge in [0.1, 0.15) is 24.1 Å². The molecule has 0 saturated carbocycles. The molecule has 41 heavy (non-hydrogen) atoms. The van der Waals surface area contributed by atoms with Gasteiger partial charge in [0.15, 0.2) is 18.0 Å². The summed E-state index contributed by atoms with van der Waals surface area (Å²) in [4.78, 5) is 25.5. The molecule has 4 rings (SSSR count). The van der Waals surface area contributed by atoms with Gasteiger partial charge in [0.2, 0.25) is 0 Å². The Hall–Kier alpha value is -3.30. The Balaban J connectivity index is 1.65. The molecule has 7 atom stereocenters. The summed E-state index contributed by atoms with van der Waals surface area (Å²) >= 11 is 0. The van der Waals surface area contributed by atoms with E-state index in [2.05, 4.69) is 13.5 Å². The van der Waals surface area contributed by atoms with Gasteiger partial charge in [0.25, 0.3) is 0 Å². The van der Waals surface area contributed by atoms with Crippen LogP contribution in [0, 0.1) is 0 Å². The van der Waals surface area contributed by atoms with Gasteiger partial charge in [-0.25, -0.2) is 0 Å². The van der Waals surface area contributed by atoms with E-state index in [0.717, 1.165) is 23.3 Å². The Bertz CT molecular complexity index is 1160. The summed E-state index contributed by atoms with van der Waals surface area (Å²) in [6, 6.07) is 17.5. The fourth-order valence-electron chi connectivity index (χ4n) is 5.24. The van der Waals surface area contributed by atoms with Crippen molar-refractivity contribution in [1.82, 2.24) is 0 Å². The van der Waals surface area contributed by atoms with Crippen molar-refractivity contribution in [2.24, 2.45) is 0 Å². The second kappa shape index (κ2) is 15.1. The number of esters is 1. The third-order valence-corrected chi connectivity index (χ3v) is 7.21. The first-order chi connectivity index (χ1) is 19.9.